The van der Waals surface area contributed by atoms with E-state index in [9.17, 15) is 9.90 Å². The van der Waals surface area contributed by atoms with Gasteiger partial charge in [-0.1, -0.05) is 18.2 Å². The van der Waals surface area contributed by atoms with Crippen molar-refractivity contribution in [2.45, 2.75) is 0 Å². The number of aromatic nitrogens is 2. The van der Waals surface area contributed by atoms with E-state index in [1.807, 2.05) is 41.0 Å². The molecule has 4 rings (SSSR count). The van der Waals surface area contributed by atoms with Gasteiger partial charge in [0.1, 0.15) is 5.75 Å². The maximum Gasteiger partial charge on any atom is 0.337 e. The van der Waals surface area contributed by atoms with Gasteiger partial charge >= 0.3 is 5.97 Å². The van der Waals surface area contributed by atoms with E-state index in [1.54, 1.807) is 31.6 Å². The van der Waals surface area contributed by atoms with Crippen LogP contribution in [-0.4, -0.2) is 27.7 Å². The minimum Gasteiger partial charge on any atom is -0.497 e. The molecule has 118 valence electrons. The van der Waals surface area contributed by atoms with Crippen molar-refractivity contribution in [3.05, 3.63) is 66.5 Å². The number of hydrogen-bond acceptors (Lipinski definition) is 3. The van der Waals surface area contributed by atoms with Crippen LogP contribution in [0.4, 0.5) is 0 Å². The molecule has 5 nitrogen and oxygen atoms in total. The first-order valence-corrected chi connectivity index (χ1v) is 7.45. The number of rotatable bonds is 3. The predicted octanol–water partition coefficient (Wildman–Crippen LogP) is 3.89. The number of methoxy groups -OCH3 is 1. The van der Waals surface area contributed by atoms with Gasteiger partial charge in [-0.3, -0.25) is 4.98 Å². The monoisotopic (exact) mass is 318 g/mol. The molecule has 0 bridgehead atoms. The second kappa shape index (κ2) is 5.38. The molecule has 0 saturated carbocycles. The summed E-state index contributed by atoms with van der Waals surface area (Å²) in [4.78, 5) is 16.0. The molecule has 2 heterocycles. The lowest BCUT2D eigenvalue weighted by Crippen LogP contribution is -1.96. The van der Waals surface area contributed by atoms with Gasteiger partial charge in [-0.05, 0) is 24.3 Å². The summed E-state index contributed by atoms with van der Waals surface area (Å²) < 4.78 is 7.18. The van der Waals surface area contributed by atoms with Crippen LogP contribution in [0.1, 0.15) is 10.4 Å². The summed E-state index contributed by atoms with van der Waals surface area (Å²) >= 11 is 0. The molecular weight excluding hydrogens is 304 g/mol. The Hall–Kier alpha value is -3.34. The van der Waals surface area contributed by atoms with Crippen molar-refractivity contribution in [2.75, 3.05) is 7.11 Å². The Morgan fingerprint density at radius 1 is 1.12 bits per heavy atom. The number of fused-ring (bicyclic) bond motifs is 2. The number of para-hydroxylation sites is 1. The van der Waals surface area contributed by atoms with Gasteiger partial charge in [0.15, 0.2) is 0 Å². The third kappa shape index (κ3) is 2.10. The Morgan fingerprint density at radius 2 is 1.96 bits per heavy atom. The molecule has 0 amide bonds. The van der Waals surface area contributed by atoms with Crippen molar-refractivity contribution in [3.63, 3.8) is 0 Å². The summed E-state index contributed by atoms with van der Waals surface area (Å²) in [7, 11) is 1.59. The zero-order valence-corrected chi connectivity index (χ0v) is 12.9. The highest BCUT2D eigenvalue weighted by molar-refractivity contribution is 6.05. The maximum atomic E-state index is 11.6. The molecule has 0 unspecified atom stereocenters. The number of hydrogen-bond donors (Lipinski definition) is 1. The summed E-state index contributed by atoms with van der Waals surface area (Å²) in [6.07, 6.45) is 3.37. The van der Waals surface area contributed by atoms with Crippen LogP contribution in [0.25, 0.3) is 27.5 Å². The van der Waals surface area contributed by atoms with E-state index in [0.29, 0.717) is 11.1 Å². The quantitative estimate of drug-likeness (QED) is 0.622. The number of carboxylic acid groups (broad SMARTS) is 1. The van der Waals surface area contributed by atoms with Crippen LogP contribution in [-0.2, 0) is 0 Å². The lowest BCUT2D eigenvalue weighted by molar-refractivity contribution is 0.0699. The topological polar surface area (TPSA) is 64.3 Å². The fourth-order valence-corrected chi connectivity index (χ4v) is 2.99. The minimum absolute atomic E-state index is 0.258. The highest BCUT2D eigenvalue weighted by atomic mass is 16.5. The Morgan fingerprint density at radius 3 is 2.75 bits per heavy atom. The van der Waals surface area contributed by atoms with Crippen molar-refractivity contribution in [1.82, 2.24) is 9.55 Å². The van der Waals surface area contributed by atoms with Crippen LogP contribution in [0.3, 0.4) is 0 Å². The van der Waals surface area contributed by atoms with Crippen molar-refractivity contribution < 1.29 is 14.6 Å². The molecule has 0 fully saturated rings. The molecule has 2 aromatic carbocycles. The Balaban J connectivity index is 2.10. The Kier molecular flexibility index (Phi) is 3.20. The van der Waals surface area contributed by atoms with Gasteiger partial charge in [0.25, 0.3) is 0 Å². The standard InChI is InChI=1S/C19H14N2O3/c1-24-12-6-7-13-15(19(22)23)11-21(18(13)10-12)17-8-9-20-16-5-3-2-4-14(16)17/h2-11H,1H3,(H,22,23). The largest absolute Gasteiger partial charge is 0.497 e. The van der Waals surface area contributed by atoms with Gasteiger partial charge in [0, 0.05) is 29.2 Å². The van der Waals surface area contributed by atoms with Crippen molar-refractivity contribution in [3.8, 4) is 11.4 Å². The average molecular weight is 318 g/mol. The number of aromatic carboxylic acids is 1. The van der Waals surface area contributed by atoms with Gasteiger partial charge in [0.2, 0.25) is 0 Å². The van der Waals surface area contributed by atoms with Gasteiger partial charge in [-0.2, -0.15) is 0 Å². The minimum atomic E-state index is -0.956. The van der Waals surface area contributed by atoms with Crippen molar-refractivity contribution in [1.29, 1.82) is 0 Å². The second-order valence-electron chi connectivity index (χ2n) is 5.45. The van der Waals surface area contributed by atoms with E-state index in [4.69, 9.17) is 4.74 Å². The Bertz CT molecular complexity index is 1080. The molecule has 0 aliphatic heterocycles. The maximum absolute atomic E-state index is 11.6. The number of benzene rings is 2. The number of nitrogens with zero attached hydrogens (tertiary/aromatic N) is 2. The molecule has 0 saturated heterocycles. The van der Waals surface area contributed by atoms with E-state index in [0.717, 1.165) is 22.1 Å². The lowest BCUT2D eigenvalue weighted by Gasteiger charge is -2.09. The molecule has 0 aliphatic carbocycles. The average Bonchev–Trinajstić information content (AvgIpc) is 3.00. The SMILES string of the molecule is COc1ccc2c(C(=O)O)cn(-c3ccnc4ccccc34)c2c1. The van der Waals surface area contributed by atoms with E-state index in [-0.39, 0.29) is 5.56 Å². The smallest absolute Gasteiger partial charge is 0.337 e. The van der Waals surface area contributed by atoms with Gasteiger partial charge in [-0.25, -0.2) is 4.79 Å². The molecule has 0 aliphatic rings. The molecule has 1 N–H and O–H groups in total. The summed E-state index contributed by atoms with van der Waals surface area (Å²) in [5, 5.41) is 11.2. The fourth-order valence-electron chi connectivity index (χ4n) is 2.99. The predicted molar refractivity (Wildman–Crippen MR) is 92.1 cm³/mol. The zero-order chi connectivity index (χ0) is 16.7. The molecule has 0 radical (unpaired) electrons. The normalized spacial score (nSPS) is 11.0. The molecule has 0 atom stereocenters. The van der Waals surface area contributed by atoms with Crippen LogP contribution in [0.5, 0.6) is 5.75 Å². The van der Waals surface area contributed by atoms with Crippen LogP contribution < -0.4 is 4.74 Å². The van der Waals surface area contributed by atoms with E-state index in [2.05, 4.69) is 4.98 Å². The first-order valence-electron chi connectivity index (χ1n) is 7.45. The molecule has 24 heavy (non-hydrogen) atoms. The number of carboxylic acids is 1. The van der Waals surface area contributed by atoms with E-state index in [1.165, 1.54) is 0 Å². The summed E-state index contributed by atoms with van der Waals surface area (Å²) in [5.74, 6) is -0.278. The summed E-state index contributed by atoms with van der Waals surface area (Å²) in [6.45, 7) is 0. The first-order chi connectivity index (χ1) is 11.7. The van der Waals surface area contributed by atoms with Crippen LogP contribution in [0.15, 0.2) is 60.9 Å². The van der Waals surface area contributed by atoms with Gasteiger partial charge in [-0.15, -0.1) is 0 Å². The van der Waals surface area contributed by atoms with Crippen molar-refractivity contribution >= 4 is 27.8 Å². The summed E-state index contributed by atoms with van der Waals surface area (Å²) in [6, 6.07) is 15.1. The lowest BCUT2D eigenvalue weighted by atomic mass is 10.1. The molecule has 5 heteroatoms. The van der Waals surface area contributed by atoms with Crippen LogP contribution in [0, 0.1) is 0 Å². The van der Waals surface area contributed by atoms with Crippen LogP contribution >= 0.6 is 0 Å². The van der Waals surface area contributed by atoms with Gasteiger partial charge in [0.05, 0.1) is 29.4 Å². The first kappa shape index (κ1) is 14.3. The molecule has 2 aromatic heterocycles. The number of ether oxygens (including phenoxy) is 1. The number of pyridine rings is 1. The highest BCUT2D eigenvalue weighted by Gasteiger charge is 2.17. The zero-order valence-electron chi connectivity index (χ0n) is 12.9. The third-order valence-electron chi connectivity index (χ3n) is 4.13. The highest BCUT2D eigenvalue weighted by Crippen LogP contribution is 2.31. The molecular formula is C19H14N2O3. The molecule has 4 aromatic rings. The van der Waals surface area contributed by atoms with E-state index < -0.39 is 5.97 Å². The Labute approximate surface area is 137 Å². The molecule has 0 spiro atoms. The van der Waals surface area contributed by atoms with Crippen LogP contribution in [0.2, 0.25) is 0 Å². The van der Waals surface area contributed by atoms with Crippen molar-refractivity contribution in [2.24, 2.45) is 0 Å². The third-order valence-corrected chi connectivity index (χ3v) is 4.13. The second-order valence-corrected chi connectivity index (χ2v) is 5.45. The number of carbonyl (C=O) groups is 1. The van der Waals surface area contributed by atoms with Gasteiger partial charge < -0.3 is 14.4 Å². The fraction of sp³-hybridized carbons (Fsp3) is 0.0526. The summed E-state index contributed by atoms with van der Waals surface area (Å²) in [5.41, 5.74) is 2.78. The van der Waals surface area contributed by atoms with E-state index >= 15 is 0 Å².